The number of fused-ring (bicyclic) bond motifs is 4. The molecule has 2 atom stereocenters. The number of nitrogens with zero attached hydrogens (tertiary/aromatic N) is 5. The molecule has 0 saturated heterocycles. The molecule has 4 N–H and O–H groups in total. The summed E-state index contributed by atoms with van der Waals surface area (Å²) in [6.07, 6.45) is 2.99. The second kappa shape index (κ2) is 18.5. The molecule has 0 fully saturated rings. The van der Waals surface area contributed by atoms with Crippen molar-refractivity contribution in [2.75, 3.05) is 24.4 Å². The molecule has 19 heteroatoms. The van der Waals surface area contributed by atoms with Crippen LogP contribution >= 0.6 is 11.6 Å². The van der Waals surface area contributed by atoms with Gasteiger partial charge in [-0.15, -0.1) is 5.10 Å². The number of ether oxygens (including phenoxy) is 2. The minimum Gasteiger partial charge on any atom is -0.475 e. The Hall–Kier alpha value is -6.04. The largest absolute Gasteiger partial charge is 0.490 e. The molecule has 4 aromatic rings. The number of aliphatic carboxylic acids is 1. The van der Waals surface area contributed by atoms with Crippen molar-refractivity contribution in [2.24, 2.45) is 0 Å². The Bertz CT molecular complexity index is 1940. The highest BCUT2D eigenvalue weighted by Gasteiger charge is 2.38. The number of hydrogen-bond acceptors (Lipinski definition) is 11. The molecule has 2 amide bonds. The maximum absolute atomic E-state index is 13.3. The number of halogens is 4. The lowest BCUT2D eigenvalue weighted by atomic mass is 9.96. The van der Waals surface area contributed by atoms with Crippen LogP contribution in [0.3, 0.4) is 0 Å². The lowest BCUT2D eigenvalue weighted by Gasteiger charge is -2.24. The fourth-order valence-corrected chi connectivity index (χ4v) is 5.34. The molecule has 1 aliphatic rings. The smallest absolute Gasteiger partial charge is 0.475 e. The summed E-state index contributed by atoms with van der Waals surface area (Å²) >= 11 is 6.23. The Morgan fingerprint density at radius 2 is 1.85 bits per heavy atom. The molecule has 0 saturated carbocycles. The minimum atomic E-state index is -5.08. The van der Waals surface area contributed by atoms with Gasteiger partial charge in [0.2, 0.25) is 5.91 Å². The summed E-state index contributed by atoms with van der Waals surface area (Å²) in [5.41, 5.74) is 4.68. The van der Waals surface area contributed by atoms with Crippen molar-refractivity contribution in [1.29, 1.82) is 0 Å². The van der Waals surface area contributed by atoms with Crippen molar-refractivity contribution in [3.05, 3.63) is 83.4 Å². The lowest BCUT2D eigenvalue weighted by Crippen LogP contribution is -2.32. The van der Waals surface area contributed by atoms with Crippen LogP contribution in [-0.2, 0) is 23.9 Å². The van der Waals surface area contributed by atoms with E-state index in [1.807, 2.05) is 18.2 Å². The zero-order chi connectivity index (χ0) is 38.5. The van der Waals surface area contributed by atoms with Crippen LogP contribution in [0.2, 0.25) is 5.02 Å². The van der Waals surface area contributed by atoms with Gasteiger partial charge >= 0.3 is 24.2 Å². The molecular weight excluding hydrogens is 725 g/mol. The Morgan fingerprint density at radius 1 is 1.09 bits per heavy atom. The zero-order valence-corrected chi connectivity index (χ0v) is 29.0. The van der Waals surface area contributed by atoms with Gasteiger partial charge in [0.15, 0.2) is 0 Å². The summed E-state index contributed by atoms with van der Waals surface area (Å²) in [7, 11) is 1.28. The van der Waals surface area contributed by atoms with Gasteiger partial charge in [-0.25, -0.2) is 14.4 Å². The molecule has 53 heavy (non-hydrogen) atoms. The maximum Gasteiger partial charge on any atom is 0.490 e. The minimum absolute atomic E-state index is 0.246. The number of aromatic nitrogens is 5. The average molecular weight is 759 g/mol. The number of methoxy groups -OCH3 is 1. The molecule has 0 spiro atoms. The quantitative estimate of drug-likeness (QED) is 0.127. The predicted molar refractivity (Wildman–Crippen MR) is 186 cm³/mol. The van der Waals surface area contributed by atoms with E-state index in [0.29, 0.717) is 59.0 Å². The standard InChI is InChI=1S/C32H33ClN8O5.C2HF3O2/c1-3-46-31(43)26-7-5-4-6-25(38-30(42)13-8-21-16-22(33)9-12-29(21)41-19-35-39-40-41)28-17-20(14-15-34-28)24-11-10-23(18-27(24)37-26)36-32(44)45-2;3-2(4,5)1(6)7/h8-19,25-26,37H,3-7H2,1-2H3,(H,36,44)(H,38,42);(H,6,7)/b13-8+;/t25-,26-;/m0./s1. The summed E-state index contributed by atoms with van der Waals surface area (Å²) in [5, 5.41) is 28.0. The summed E-state index contributed by atoms with van der Waals surface area (Å²) < 4.78 is 43.3. The molecule has 280 valence electrons. The van der Waals surface area contributed by atoms with Gasteiger partial charge in [0.1, 0.15) is 12.4 Å². The molecule has 2 aromatic heterocycles. The third kappa shape index (κ3) is 11.5. The molecular formula is C34H34ClF3N8O7. The summed E-state index contributed by atoms with van der Waals surface area (Å²) in [6.45, 7) is 2.01. The van der Waals surface area contributed by atoms with Gasteiger partial charge < -0.3 is 25.2 Å². The molecule has 5 rings (SSSR count). The van der Waals surface area contributed by atoms with Crippen LogP contribution in [-0.4, -0.2) is 80.2 Å². The number of tetrazole rings is 1. The summed E-state index contributed by atoms with van der Waals surface area (Å²) in [4.78, 5) is 51.6. The van der Waals surface area contributed by atoms with Gasteiger partial charge in [0.05, 0.1) is 31.1 Å². The molecule has 15 nitrogen and oxygen atoms in total. The van der Waals surface area contributed by atoms with Gasteiger partial charge in [-0.1, -0.05) is 30.5 Å². The van der Waals surface area contributed by atoms with E-state index in [1.54, 1.807) is 49.5 Å². The molecule has 0 aliphatic carbocycles. The molecule has 1 aliphatic heterocycles. The Labute approximate surface area is 305 Å². The zero-order valence-electron chi connectivity index (χ0n) is 28.3. The number of amides is 2. The highest BCUT2D eigenvalue weighted by atomic mass is 35.5. The maximum atomic E-state index is 13.3. The van der Waals surface area contributed by atoms with Crippen molar-refractivity contribution in [3.8, 4) is 16.8 Å². The van der Waals surface area contributed by atoms with Crippen molar-refractivity contribution in [3.63, 3.8) is 0 Å². The number of carboxylic acids is 1. The molecule has 3 heterocycles. The number of carbonyl (C=O) groups excluding carboxylic acids is 3. The number of anilines is 2. The first-order chi connectivity index (χ1) is 25.3. The first kappa shape index (κ1) is 39.7. The van der Waals surface area contributed by atoms with E-state index in [4.69, 9.17) is 31.0 Å². The number of alkyl halides is 3. The van der Waals surface area contributed by atoms with Crippen molar-refractivity contribution < 1.29 is 46.9 Å². The second-order valence-electron chi connectivity index (χ2n) is 11.2. The molecule has 0 radical (unpaired) electrons. The Morgan fingerprint density at radius 3 is 2.53 bits per heavy atom. The Kier molecular flexibility index (Phi) is 13.8. The van der Waals surface area contributed by atoms with E-state index >= 15 is 0 Å². The average Bonchev–Trinajstić information content (AvgIpc) is 3.66. The van der Waals surface area contributed by atoms with Crippen LogP contribution in [0.15, 0.2) is 67.1 Å². The van der Waals surface area contributed by atoms with E-state index in [2.05, 4.69) is 36.5 Å². The van der Waals surface area contributed by atoms with Crippen LogP contribution in [0.1, 0.15) is 49.9 Å². The third-order valence-corrected chi connectivity index (χ3v) is 7.83. The monoisotopic (exact) mass is 758 g/mol. The van der Waals surface area contributed by atoms with Gasteiger partial charge in [-0.2, -0.15) is 17.9 Å². The van der Waals surface area contributed by atoms with E-state index < -0.39 is 30.3 Å². The number of carbonyl (C=O) groups is 4. The van der Waals surface area contributed by atoms with E-state index in [0.717, 1.165) is 11.1 Å². The van der Waals surface area contributed by atoms with Crippen LogP contribution in [0, 0.1) is 0 Å². The normalized spacial score (nSPS) is 15.6. The number of rotatable bonds is 7. The number of nitrogens with one attached hydrogen (secondary N) is 3. The van der Waals surface area contributed by atoms with Gasteiger partial charge in [0, 0.05) is 39.8 Å². The number of carboxylic acid groups (broad SMARTS) is 1. The van der Waals surface area contributed by atoms with Gasteiger partial charge in [-0.05, 0) is 84.3 Å². The topological polar surface area (TPSA) is 200 Å². The van der Waals surface area contributed by atoms with Crippen molar-refractivity contribution >= 4 is 53.0 Å². The fourth-order valence-electron chi connectivity index (χ4n) is 5.16. The second-order valence-corrected chi connectivity index (χ2v) is 11.7. The highest BCUT2D eigenvalue weighted by Crippen LogP contribution is 2.34. The SMILES string of the molecule is CCOC(=O)[C@@H]1CCCC[C@H](NC(=O)/C=C/c2cc(Cl)ccc2-n2cnnn2)c2cc(ccn2)-c2ccc(NC(=O)OC)cc2N1.O=C(O)C(F)(F)F. The number of hydrogen-bond donors (Lipinski definition) is 4. The van der Waals surface area contributed by atoms with Crippen molar-refractivity contribution in [1.82, 2.24) is 30.5 Å². The Balaban J connectivity index is 0.000000815. The van der Waals surface area contributed by atoms with Crippen LogP contribution < -0.4 is 16.0 Å². The van der Waals surface area contributed by atoms with Crippen LogP contribution in [0.25, 0.3) is 22.9 Å². The number of pyridine rings is 1. The lowest BCUT2D eigenvalue weighted by molar-refractivity contribution is -0.192. The molecule has 0 unspecified atom stereocenters. The van der Waals surface area contributed by atoms with E-state index in [1.165, 1.54) is 24.2 Å². The fraction of sp³-hybridized carbons (Fsp3) is 0.294. The molecule has 2 aromatic carbocycles. The van der Waals surface area contributed by atoms with Crippen LogP contribution in [0.4, 0.5) is 29.3 Å². The predicted octanol–water partition coefficient (Wildman–Crippen LogP) is 5.98. The molecule has 2 bridgehead atoms. The summed E-state index contributed by atoms with van der Waals surface area (Å²) in [5.74, 6) is -3.45. The highest BCUT2D eigenvalue weighted by molar-refractivity contribution is 6.30. The summed E-state index contributed by atoms with van der Waals surface area (Å²) in [6, 6.07) is 13.3. The number of esters is 1. The van der Waals surface area contributed by atoms with Crippen molar-refractivity contribution in [2.45, 2.75) is 50.9 Å². The van der Waals surface area contributed by atoms with E-state index in [9.17, 15) is 27.6 Å². The first-order valence-electron chi connectivity index (χ1n) is 16.0. The van der Waals surface area contributed by atoms with E-state index in [-0.39, 0.29) is 18.5 Å². The van der Waals surface area contributed by atoms with Gasteiger partial charge in [0.25, 0.3) is 0 Å². The first-order valence-corrected chi connectivity index (χ1v) is 16.4. The number of benzene rings is 2. The van der Waals surface area contributed by atoms with Gasteiger partial charge in [-0.3, -0.25) is 15.1 Å². The third-order valence-electron chi connectivity index (χ3n) is 7.60. The van der Waals surface area contributed by atoms with Crippen LogP contribution in [0.5, 0.6) is 0 Å².